The van der Waals surface area contributed by atoms with Gasteiger partial charge in [0.25, 0.3) is 0 Å². The highest BCUT2D eigenvalue weighted by Gasteiger charge is 2.14. The smallest absolute Gasteiger partial charge is 0.132 e. The van der Waals surface area contributed by atoms with Gasteiger partial charge in [0.05, 0.1) is 5.69 Å². The average molecular weight is 268 g/mol. The summed E-state index contributed by atoms with van der Waals surface area (Å²) in [6.45, 7) is 0.820. The molecule has 0 saturated heterocycles. The molecule has 3 nitrogen and oxygen atoms in total. The van der Waals surface area contributed by atoms with Crippen molar-refractivity contribution in [3.8, 4) is 11.3 Å². The number of halogens is 2. The van der Waals surface area contributed by atoms with E-state index in [1.165, 1.54) is 12.1 Å². The van der Waals surface area contributed by atoms with E-state index in [2.05, 4.69) is 10.4 Å². The van der Waals surface area contributed by atoms with Crippen LogP contribution in [0.4, 0.5) is 4.39 Å². The summed E-state index contributed by atoms with van der Waals surface area (Å²) >= 11 is 5.92. The first kappa shape index (κ1) is 13.1. The number of nitrogens with zero attached hydrogens (tertiary/aromatic N) is 2. The van der Waals surface area contributed by atoms with Gasteiger partial charge in [0.15, 0.2) is 0 Å². The molecule has 0 saturated carbocycles. The molecular weight excluding hydrogens is 253 g/mol. The highest BCUT2D eigenvalue weighted by Crippen LogP contribution is 2.27. The summed E-state index contributed by atoms with van der Waals surface area (Å²) in [5, 5.41) is 7.91. The number of nitrogens with one attached hydrogen (secondary N) is 1. The minimum absolute atomic E-state index is 0.302. The van der Waals surface area contributed by atoms with Gasteiger partial charge in [0.2, 0.25) is 0 Å². The van der Waals surface area contributed by atoms with Crippen molar-refractivity contribution in [1.82, 2.24) is 15.1 Å². The second-order valence-electron chi connectivity index (χ2n) is 4.15. The Labute approximate surface area is 111 Å². The van der Waals surface area contributed by atoms with Gasteiger partial charge in [-0.05, 0) is 43.8 Å². The molecule has 2 aromatic rings. The lowest BCUT2D eigenvalue weighted by molar-refractivity contribution is 0.629. The molecule has 0 radical (unpaired) electrons. The van der Waals surface area contributed by atoms with Gasteiger partial charge in [-0.25, -0.2) is 4.39 Å². The Morgan fingerprint density at radius 2 is 2.22 bits per heavy atom. The minimum Gasteiger partial charge on any atom is -0.319 e. The first-order valence-electron chi connectivity index (χ1n) is 5.74. The molecule has 0 bridgehead atoms. The van der Waals surface area contributed by atoms with Crippen LogP contribution in [0.1, 0.15) is 5.56 Å². The van der Waals surface area contributed by atoms with Crippen LogP contribution in [0.15, 0.2) is 24.4 Å². The zero-order valence-corrected chi connectivity index (χ0v) is 11.1. The maximum atomic E-state index is 13.8. The van der Waals surface area contributed by atoms with Crippen LogP contribution in [-0.2, 0) is 13.5 Å². The van der Waals surface area contributed by atoms with Crippen LogP contribution in [0.25, 0.3) is 11.3 Å². The molecule has 1 aromatic carbocycles. The van der Waals surface area contributed by atoms with E-state index < -0.39 is 0 Å². The van der Waals surface area contributed by atoms with Gasteiger partial charge in [0, 0.05) is 23.8 Å². The second kappa shape index (κ2) is 5.50. The quantitative estimate of drug-likeness (QED) is 0.923. The third kappa shape index (κ3) is 2.71. The van der Waals surface area contributed by atoms with Gasteiger partial charge in [-0.3, -0.25) is 4.68 Å². The third-order valence-electron chi connectivity index (χ3n) is 2.73. The van der Waals surface area contributed by atoms with Gasteiger partial charge in [-0.2, -0.15) is 5.10 Å². The maximum absolute atomic E-state index is 13.8. The highest BCUT2D eigenvalue weighted by molar-refractivity contribution is 6.30. The summed E-state index contributed by atoms with van der Waals surface area (Å²) in [5.74, 6) is -0.302. The van der Waals surface area contributed by atoms with E-state index in [4.69, 9.17) is 11.6 Å². The summed E-state index contributed by atoms with van der Waals surface area (Å²) < 4.78 is 15.5. The van der Waals surface area contributed by atoms with Crippen LogP contribution < -0.4 is 5.32 Å². The van der Waals surface area contributed by atoms with Gasteiger partial charge >= 0.3 is 0 Å². The molecule has 96 valence electrons. The Morgan fingerprint density at radius 3 is 2.94 bits per heavy atom. The lowest BCUT2D eigenvalue weighted by atomic mass is 10.1. The molecule has 1 N–H and O–H groups in total. The summed E-state index contributed by atoms with van der Waals surface area (Å²) in [4.78, 5) is 0. The molecule has 0 unspecified atom stereocenters. The molecule has 1 heterocycles. The molecule has 0 spiro atoms. The first-order valence-corrected chi connectivity index (χ1v) is 6.12. The van der Waals surface area contributed by atoms with Gasteiger partial charge in [0.1, 0.15) is 5.82 Å². The maximum Gasteiger partial charge on any atom is 0.132 e. The molecule has 18 heavy (non-hydrogen) atoms. The van der Waals surface area contributed by atoms with Crippen molar-refractivity contribution >= 4 is 11.6 Å². The number of aryl methyl sites for hydroxylation is 1. The molecule has 0 fully saturated rings. The zero-order chi connectivity index (χ0) is 13.1. The van der Waals surface area contributed by atoms with Crippen molar-refractivity contribution in [1.29, 1.82) is 0 Å². The number of hydrogen-bond donors (Lipinski definition) is 1. The Bertz CT molecular complexity index is 551. The van der Waals surface area contributed by atoms with Crippen LogP contribution in [-0.4, -0.2) is 23.4 Å². The Morgan fingerprint density at radius 1 is 1.44 bits per heavy atom. The van der Waals surface area contributed by atoms with Gasteiger partial charge in [-0.15, -0.1) is 0 Å². The highest BCUT2D eigenvalue weighted by atomic mass is 35.5. The van der Waals surface area contributed by atoms with Crippen molar-refractivity contribution in [2.24, 2.45) is 7.05 Å². The van der Waals surface area contributed by atoms with E-state index in [-0.39, 0.29) is 5.82 Å². The van der Waals surface area contributed by atoms with Crippen LogP contribution in [0.5, 0.6) is 0 Å². The fraction of sp³-hybridized carbons (Fsp3) is 0.308. The number of rotatable bonds is 4. The number of aromatic nitrogens is 2. The molecule has 1 aromatic heterocycles. The number of hydrogen-bond acceptors (Lipinski definition) is 2. The average Bonchev–Trinajstić information content (AvgIpc) is 2.71. The van der Waals surface area contributed by atoms with E-state index in [1.807, 2.05) is 20.3 Å². The van der Waals surface area contributed by atoms with Crippen molar-refractivity contribution < 1.29 is 4.39 Å². The normalized spacial score (nSPS) is 10.9. The second-order valence-corrected chi connectivity index (χ2v) is 4.59. The van der Waals surface area contributed by atoms with E-state index in [9.17, 15) is 4.39 Å². The summed E-state index contributed by atoms with van der Waals surface area (Å²) in [6.07, 6.45) is 2.71. The molecule has 2 rings (SSSR count). The predicted molar refractivity (Wildman–Crippen MR) is 71.2 cm³/mol. The lowest BCUT2D eigenvalue weighted by Gasteiger charge is -2.04. The lowest BCUT2D eigenvalue weighted by Crippen LogP contribution is -2.10. The standard InChI is InChI=1S/C13H15ClFN3/c1-16-6-5-9-8-18(2)17-13(9)11-7-10(14)3-4-12(11)15/h3-4,7-8,16H,5-6H2,1-2H3. The fourth-order valence-electron chi connectivity index (χ4n) is 1.89. The third-order valence-corrected chi connectivity index (χ3v) is 2.97. The van der Waals surface area contributed by atoms with Crippen LogP contribution in [0, 0.1) is 5.82 Å². The molecule has 0 aliphatic heterocycles. The summed E-state index contributed by atoms with van der Waals surface area (Å²) in [6, 6.07) is 4.52. The number of likely N-dealkylation sites (N-methyl/N-ethyl adjacent to an activating group) is 1. The summed E-state index contributed by atoms with van der Waals surface area (Å²) in [5.41, 5.74) is 2.12. The Kier molecular flexibility index (Phi) is 3.99. The van der Waals surface area contributed by atoms with E-state index in [1.54, 1.807) is 10.7 Å². The van der Waals surface area contributed by atoms with E-state index in [0.29, 0.717) is 16.3 Å². The molecule has 0 aliphatic carbocycles. The monoisotopic (exact) mass is 267 g/mol. The van der Waals surface area contributed by atoms with E-state index in [0.717, 1.165) is 18.5 Å². The molecule has 5 heteroatoms. The van der Waals surface area contributed by atoms with E-state index >= 15 is 0 Å². The van der Waals surface area contributed by atoms with Crippen molar-refractivity contribution in [2.45, 2.75) is 6.42 Å². The summed E-state index contributed by atoms with van der Waals surface area (Å²) in [7, 11) is 3.71. The number of benzene rings is 1. The molecule has 0 aliphatic rings. The minimum atomic E-state index is -0.302. The van der Waals surface area contributed by atoms with Crippen LogP contribution in [0.2, 0.25) is 5.02 Å². The van der Waals surface area contributed by atoms with Crippen LogP contribution in [0.3, 0.4) is 0 Å². The topological polar surface area (TPSA) is 29.9 Å². The van der Waals surface area contributed by atoms with Crippen molar-refractivity contribution in [3.63, 3.8) is 0 Å². The molecule has 0 atom stereocenters. The van der Waals surface area contributed by atoms with Crippen LogP contribution >= 0.6 is 11.6 Å². The molecular formula is C13H15ClFN3. The van der Waals surface area contributed by atoms with Crippen molar-refractivity contribution in [3.05, 3.63) is 40.8 Å². The zero-order valence-electron chi connectivity index (χ0n) is 10.4. The largest absolute Gasteiger partial charge is 0.319 e. The Balaban J connectivity index is 2.45. The first-order chi connectivity index (χ1) is 8.61. The molecule has 0 amide bonds. The van der Waals surface area contributed by atoms with Crippen molar-refractivity contribution in [2.75, 3.05) is 13.6 Å². The SMILES string of the molecule is CNCCc1cn(C)nc1-c1cc(Cl)ccc1F. The van der Waals surface area contributed by atoms with Gasteiger partial charge < -0.3 is 5.32 Å². The predicted octanol–water partition coefficient (Wildman–Crippen LogP) is 2.64. The fourth-order valence-corrected chi connectivity index (χ4v) is 2.06. The Hall–Kier alpha value is -1.39. The van der Waals surface area contributed by atoms with Gasteiger partial charge in [-0.1, -0.05) is 11.6 Å².